The van der Waals surface area contributed by atoms with Crippen LogP contribution in [0.1, 0.15) is 0 Å². The van der Waals surface area contributed by atoms with E-state index >= 15 is 0 Å². The van der Waals surface area contributed by atoms with Crippen molar-refractivity contribution in [2.24, 2.45) is 0 Å². The lowest BCUT2D eigenvalue weighted by molar-refractivity contribution is 1.15. The van der Waals surface area contributed by atoms with Gasteiger partial charge in [-0.3, -0.25) is 0 Å². The molecule has 0 aliphatic heterocycles. The van der Waals surface area contributed by atoms with E-state index in [-0.39, 0.29) is 0 Å². The first-order valence-corrected chi connectivity index (χ1v) is 3.63. The fourth-order valence-corrected chi connectivity index (χ4v) is 1.39. The van der Waals surface area contributed by atoms with Crippen molar-refractivity contribution in [3.05, 3.63) is 33.3 Å². The molecule has 0 saturated heterocycles. The first-order valence-electron chi connectivity index (χ1n) is 2.50. The van der Waals surface area contributed by atoms with Gasteiger partial charge in [-0.15, -0.1) is 0 Å². The van der Waals surface area contributed by atoms with Gasteiger partial charge in [-0.2, -0.15) is 0 Å². The molecule has 5 heteroatoms. The van der Waals surface area contributed by atoms with Gasteiger partial charge in [-0.05, 0) is 18.2 Å². The van der Waals surface area contributed by atoms with Crippen LogP contribution >= 0.6 is 34.8 Å². The van der Waals surface area contributed by atoms with Crippen molar-refractivity contribution < 1.29 is 0 Å². The van der Waals surface area contributed by atoms with E-state index in [1.54, 1.807) is 18.2 Å². The van der Waals surface area contributed by atoms with Crippen LogP contribution in [-0.2, 0) is 0 Å². The summed E-state index contributed by atoms with van der Waals surface area (Å²) in [6.45, 7) is 0. The van der Waals surface area contributed by atoms with Gasteiger partial charge < -0.3 is 0 Å². The van der Waals surface area contributed by atoms with Gasteiger partial charge in [0.1, 0.15) is 0 Å². The zero-order valence-corrected chi connectivity index (χ0v) is 7.53. The highest BCUT2D eigenvalue weighted by Crippen LogP contribution is 2.21. The van der Waals surface area contributed by atoms with E-state index in [0.29, 0.717) is 15.1 Å². The first-order chi connectivity index (χ1) is 5.18. The molecule has 0 amide bonds. The third-order valence-corrected chi connectivity index (χ3v) is 1.48. The zero-order chi connectivity index (χ0) is 8.85. The average Bonchev–Trinajstić information content (AvgIpc) is 1.88. The summed E-state index contributed by atoms with van der Waals surface area (Å²) in [5, 5.41) is 13.7. The highest BCUT2D eigenvalue weighted by atomic mass is 35.5. The minimum absolute atomic E-state index is 0.563. The summed E-state index contributed by atoms with van der Waals surface area (Å²) < 4.78 is 0. The lowest BCUT2D eigenvalue weighted by Gasteiger charge is -1.91. The fourth-order valence-electron chi connectivity index (χ4n) is 0.520. The Hall–Kier alpha value is -0.490. The molecule has 0 spiro atoms. The third-order valence-electron chi connectivity index (χ3n) is 0.827. The standard InChI is InChI=1S/C6H3Cl3.N2/c7-4-1-5(8)3-6(9)2-4;1-2/h1-3H;. The van der Waals surface area contributed by atoms with Crippen molar-refractivity contribution in [2.45, 2.75) is 0 Å². The Morgan fingerprint density at radius 2 is 0.909 bits per heavy atom. The smallest absolute Gasteiger partial charge is 0.0435 e. The summed E-state index contributed by atoms with van der Waals surface area (Å²) in [4.78, 5) is 0. The van der Waals surface area contributed by atoms with Gasteiger partial charge >= 0.3 is 0 Å². The molecular weight excluding hydrogens is 206 g/mol. The van der Waals surface area contributed by atoms with Crippen molar-refractivity contribution in [1.29, 1.82) is 10.8 Å². The van der Waals surface area contributed by atoms with Gasteiger partial charge in [0, 0.05) is 25.9 Å². The molecule has 2 nitrogen and oxygen atoms in total. The number of nitrogens with zero attached hydrogens (tertiary/aromatic N) is 2. The molecule has 1 aromatic carbocycles. The number of rotatable bonds is 0. The third kappa shape index (κ3) is 4.05. The maximum absolute atomic E-state index is 6.00. The summed E-state index contributed by atoms with van der Waals surface area (Å²) in [6.07, 6.45) is 0. The van der Waals surface area contributed by atoms with Gasteiger partial charge in [0.25, 0.3) is 0 Å². The Labute approximate surface area is 79.1 Å². The maximum Gasteiger partial charge on any atom is 0.0435 e. The molecule has 0 N–H and O–H groups in total. The predicted octanol–water partition coefficient (Wildman–Crippen LogP) is 3.68. The van der Waals surface area contributed by atoms with Crippen LogP contribution in [0.15, 0.2) is 18.2 Å². The minimum Gasteiger partial charge on any atom is -0.0842 e. The molecular formula is C6H3Cl3N2. The van der Waals surface area contributed by atoms with E-state index in [4.69, 9.17) is 45.6 Å². The van der Waals surface area contributed by atoms with Gasteiger partial charge in [0.15, 0.2) is 0 Å². The molecule has 0 heterocycles. The second kappa shape index (κ2) is 5.20. The Kier molecular flexibility index (Phi) is 4.97. The van der Waals surface area contributed by atoms with Gasteiger partial charge in [0.2, 0.25) is 0 Å². The van der Waals surface area contributed by atoms with E-state index in [1.807, 2.05) is 0 Å². The highest BCUT2D eigenvalue weighted by Gasteiger charge is 1.92. The molecule has 0 radical (unpaired) electrons. The van der Waals surface area contributed by atoms with Crippen molar-refractivity contribution >= 4 is 34.8 Å². The van der Waals surface area contributed by atoms with E-state index in [0.717, 1.165) is 0 Å². The molecule has 0 atom stereocenters. The lowest BCUT2D eigenvalue weighted by Crippen LogP contribution is -1.65. The largest absolute Gasteiger partial charge is 0.0842 e. The molecule has 0 aliphatic rings. The molecule has 1 aromatic rings. The summed E-state index contributed by atoms with van der Waals surface area (Å²) in [6, 6.07) is 4.90. The van der Waals surface area contributed by atoms with E-state index in [9.17, 15) is 0 Å². The minimum atomic E-state index is 0.563. The van der Waals surface area contributed by atoms with Crippen LogP contribution in [0.25, 0.3) is 0 Å². The van der Waals surface area contributed by atoms with Crippen LogP contribution in [0.5, 0.6) is 0 Å². The molecule has 0 saturated carbocycles. The SMILES string of the molecule is Clc1cc(Cl)cc(Cl)c1.N#N. The van der Waals surface area contributed by atoms with Gasteiger partial charge in [0.05, 0.1) is 0 Å². The van der Waals surface area contributed by atoms with E-state index in [1.165, 1.54) is 0 Å². The second-order valence-electron chi connectivity index (χ2n) is 1.59. The quantitative estimate of drug-likeness (QED) is 0.612. The molecule has 1 rings (SSSR count). The Morgan fingerprint density at radius 1 is 0.727 bits per heavy atom. The molecule has 11 heavy (non-hydrogen) atoms. The number of halogens is 3. The van der Waals surface area contributed by atoms with Crippen LogP contribution in [0.3, 0.4) is 0 Å². The zero-order valence-electron chi connectivity index (χ0n) is 5.26. The fraction of sp³-hybridized carbons (Fsp3) is 0. The summed E-state index contributed by atoms with van der Waals surface area (Å²) in [5.74, 6) is 0. The van der Waals surface area contributed by atoms with E-state index in [2.05, 4.69) is 0 Å². The normalized spacial score (nSPS) is 8.09. The summed E-state index contributed by atoms with van der Waals surface area (Å²) in [7, 11) is 0. The molecule has 0 aliphatic carbocycles. The molecule has 0 bridgehead atoms. The van der Waals surface area contributed by atoms with Gasteiger partial charge in [-0.25, -0.2) is 0 Å². The van der Waals surface area contributed by atoms with Crippen molar-refractivity contribution in [3.63, 3.8) is 0 Å². The Balaban J connectivity index is 0.000000461. The molecule has 0 fully saturated rings. The number of benzene rings is 1. The van der Waals surface area contributed by atoms with Crippen LogP contribution in [0.2, 0.25) is 15.1 Å². The number of hydrogen-bond donors (Lipinski definition) is 0. The summed E-state index contributed by atoms with van der Waals surface area (Å²) >= 11 is 16.7. The van der Waals surface area contributed by atoms with Crippen LogP contribution in [-0.4, -0.2) is 0 Å². The van der Waals surface area contributed by atoms with Crippen molar-refractivity contribution in [1.82, 2.24) is 0 Å². The molecule has 58 valence electrons. The second-order valence-corrected chi connectivity index (χ2v) is 2.90. The van der Waals surface area contributed by atoms with Crippen LogP contribution < -0.4 is 0 Å². The van der Waals surface area contributed by atoms with E-state index < -0.39 is 0 Å². The molecule has 0 unspecified atom stereocenters. The van der Waals surface area contributed by atoms with Crippen LogP contribution in [0.4, 0.5) is 0 Å². The predicted molar refractivity (Wildman–Crippen MR) is 44.9 cm³/mol. The first kappa shape index (κ1) is 10.5. The Morgan fingerprint density at radius 3 is 1.09 bits per heavy atom. The number of hydrogen-bond acceptors (Lipinski definition) is 2. The highest BCUT2D eigenvalue weighted by molar-refractivity contribution is 6.38. The summed E-state index contributed by atoms with van der Waals surface area (Å²) in [5.41, 5.74) is 0. The topological polar surface area (TPSA) is 47.6 Å². The monoisotopic (exact) mass is 208 g/mol. The lowest BCUT2D eigenvalue weighted by atomic mass is 10.4. The van der Waals surface area contributed by atoms with Crippen LogP contribution in [0, 0.1) is 10.8 Å². The Bertz CT molecular complexity index is 209. The maximum atomic E-state index is 6.00. The average molecular weight is 209 g/mol. The van der Waals surface area contributed by atoms with Crippen molar-refractivity contribution in [2.75, 3.05) is 0 Å². The molecule has 0 aromatic heterocycles. The van der Waals surface area contributed by atoms with Gasteiger partial charge in [-0.1, -0.05) is 34.8 Å². The van der Waals surface area contributed by atoms with Crippen molar-refractivity contribution in [3.8, 4) is 0 Å².